The number of fused-ring (bicyclic) bond motifs is 1. The molecule has 8 heteroatoms. The lowest BCUT2D eigenvalue weighted by Gasteiger charge is -2.20. The van der Waals surface area contributed by atoms with E-state index in [1.165, 1.54) is 0 Å². The van der Waals surface area contributed by atoms with Gasteiger partial charge in [-0.25, -0.2) is 4.98 Å². The van der Waals surface area contributed by atoms with Crippen LogP contribution in [0.5, 0.6) is 5.88 Å². The smallest absolute Gasteiger partial charge is 0.225 e. The molecule has 29 heavy (non-hydrogen) atoms. The van der Waals surface area contributed by atoms with Crippen LogP contribution in [0.3, 0.4) is 0 Å². The molecule has 4 rings (SSSR count). The number of nitrogens with zero attached hydrogens (tertiary/aromatic N) is 5. The maximum Gasteiger partial charge on any atom is 0.225 e. The third-order valence-electron chi connectivity index (χ3n) is 5.61. The van der Waals surface area contributed by atoms with Crippen molar-refractivity contribution in [3.63, 3.8) is 0 Å². The van der Waals surface area contributed by atoms with Gasteiger partial charge in [-0.3, -0.25) is 14.2 Å². The number of nitrogens with one attached hydrogen (secondary N) is 1. The molecule has 1 aliphatic rings. The highest BCUT2D eigenvalue weighted by molar-refractivity contribution is 5.89. The minimum atomic E-state index is -0.142. The van der Waals surface area contributed by atoms with Gasteiger partial charge in [-0.15, -0.1) is 0 Å². The Balaban J connectivity index is 1.75. The summed E-state index contributed by atoms with van der Waals surface area (Å²) in [6.07, 6.45) is 4.16. The Morgan fingerprint density at radius 1 is 1.34 bits per heavy atom. The molecule has 4 heterocycles. The molecule has 3 aromatic rings. The van der Waals surface area contributed by atoms with Crippen LogP contribution in [0.4, 0.5) is 0 Å². The number of aromatic nitrogens is 5. The van der Waals surface area contributed by atoms with E-state index in [0.29, 0.717) is 18.8 Å². The fraction of sp³-hybridized carbons (Fsp3) is 0.524. The fourth-order valence-corrected chi connectivity index (χ4v) is 3.61. The number of amides is 1. The van der Waals surface area contributed by atoms with E-state index in [1.54, 1.807) is 0 Å². The Labute approximate surface area is 170 Å². The van der Waals surface area contributed by atoms with Crippen LogP contribution < -0.4 is 10.1 Å². The summed E-state index contributed by atoms with van der Waals surface area (Å²) >= 11 is 0. The molecular weight excluding hydrogens is 368 g/mol. The highest BCUT2D eigenvalue weighted by Gasteiger charge is 2.29. The number of hydrogen-bond donors (Lipinski definition) is 1. The van der Waals surface area contributed by atoms with Gasteiger partial charge >= 0.3 is 0 Å². The van der Waals surface area contributed by atoms with Crippen LogP contribution in [0.25, 0.3) is 22.2 Å². The van der Waals surface area contributed by atoms with E-state index < -0.39 is 0 Å². The van der Waals surface area contributed by atoms with Crippen molar-refractivity contribution < 1.29 is 9.53 Å². The van der Waals surface area contributed by atoms with Crippen LogP contribution in [0.1, 0.15) is 39.8 Å². The minimum Gasteiger partial charge on any atom is -0.474 e. The fourth-order valence-electron chi connectivity index (χ4n) is 3.61. The zero-order valence-electron chi connectivity index (χ0n) is 17.9. The summed E-state index contributed by atoms with van der Waals surface area (Å²) in [6, 6.07) is 1.98. The van der Waals surface area contributed by atoms with E-state index in [2.05, 4.69) is 36.3 Å². The standard InChI is InChI=1S/C21H28N6O2/c1-12-19-17(25-26(12)6)8-16(15-10-23-27(11-15)21(3,4)5)24-20(19)29-13(2)14-7-18(28)22-9-14/h8,10-11,13-14H,7,9H2,1-6H3,(H,22,28). The third-order valence-corrected chi connectivity index (χ3v) is 5.61. The second-order valence-electron chi connectivity index (χ2n) is 8.85. The van der Waals surface area contributed by atoms with Crippen LogP contribution in [0.2, 0.25) is 0 Å². The summed E-state index contributed by atoms with van der Waals surface area (Å²) < 4.78 is 10.1. The number of hydrogen-bond acceptors (Lipinski definition) is 5. The minimum absolute atomic E-state index is 0.0736. The Morgan fingerprint density at radius 3 is 2.72 bits per heavy atom. The second-order valence-corrected chi connectivity index (χ2v) is 8.85. The summed E-state index contributed by atoms with van der Waals surface area (Å²) in [6.45, 7) is 11.0. The molecule has 154 valence electrons. The largest absolute Gasteiger partial charge is 0.474 e. The number of ether oxygens (including phenoxy) is 1. The van der Waals surface area contributed by atoms with Crippen molar-refractivity contribution in [1.29, 1.82) is 0 Å². The SMILES string of the molecule is Cc1c2c(OC(C)C3CNC(=O)C3)nc(-c3cnn(C(C)(C)C)c3)cc2nn1C. The first kappa shape index (κ1) is 19.4. The summed E-state index contributed by atoms with van der Waals surface area (Å²) in [4.78, 5) is 16.4. The van der Waals surface area contributed by atoms with Crippen molar-refractivity contribution in [3.05, 3.63) is 24.2 Å². The summed E-state index contributed by atoms with van der Waals surface area (Å²) in [7, 11) is 1.92. The molecule has 1 amide bonds. The van der Waals surface area contributed by atoms with Crippen LogP contribution in [-0.4, -0.2) is 43.1 Å². The molecule has 2 unspecified atom stereocenters. The van der Waals surface area contributed by atoms with Gasteiger partial charge in [0.15, 0.2) is 0 Å². The van der Waals surface area contributed by atoms with Crippen molar-refractivity contribution in [3.8, 4) is 17.1 Å². The number of aryl methyl sites for hydroxylation is 2. The van der Waals surface area contributed by atoms with E-state index in [1.807, 2.05) is 48.7 Å². The normalized spacial score (nSPS) is 18.3. The Kier molecular flexibility index (Phi) is 4.59. The average Bonchev–Trinajstić information content (AvgIpc) is 3.34. The van der Waals surface area contributed by atoms with E-state index in [0.717, 1.165) is 27.9 Å². The van der Waals surface area contributed by atoms with E-state index in [-0.39, 0.29) is 23.5 Å². The molecule has 3 aromatic heterocycles. The van der Waals surface area contributed by atoms with Gasteiger partial charge in [-0.05, 0) is 40.7 Å². The molecule has 1 N–H and O–H groups in total. The van der Waals surface area contributed by atoms with Gasteiger partial charge in [-0.1, -0.05) is 0 Å². The highest BCUT2D eigenvalue weighted by atomic mass is 16.5. The first-order chi connectivity index (χ1) is 13.6. The van der Waals surface area contributed by atoms with Crippen molar-refractivity contribution in [1.82, 2.24) is 29.9 Å². The van der Waals surface area contributed by atoms with Gasteiger partial charge in [0.05, 0.1) is 22.8 Å². The quantitative estimate of drug-likeness (QED) is 0.733. The van der Waals surface area contributed by atoms with Gasteiger partial charge < -0.3 is 10.1 Å². The molecule has 1 aliphatic heterocycles. The lowest BCUT2D eigenvalue weighted by molar-refractivity contribution is -0.119. The third kappa shape index (κ3) is 3.59. The Bertz CT molecular complexity index is 1070. The van der Waals surface area contributed by atoms with Crippen LogP contribution in [0.15, 0.2) is 18.5 Å². The van der Waals surface area contributed by atoms with E-state index >= 15 is 0 Å². The van der Waals surface area contributed by atoms with Gasteiger partial charge in [-0.2, -0.15) is 10.2 Å². The first-order valence-electron chi connectivity index (χ1n) is 9.96. The van der Waals surface area contributed by atoms with Crippen LogP contribution in [-0.2, 0) is 17.4 Å². The Hall–Kier alpha value is -2.90. The van der Waals surface area contributed by atoms with Crippen LogP contribution >= 0.6 is 0 Å². The molecule has 0 saturated carbocycles. The zero-order chi connectivity index (χ0) is 20.9. The molecule has 0 bridgehead atoms. The molecule has 1 fully saturated rings. The highest BCUT2D eigenvalue weighted by Crippen LogP contribution is 2.33. The average molecular weight is 396 g/mol. The zero-order valence-corrected chi connectivity index (χ0v) is 17.9. The van der Waals surface area contributed by atoms with Crippen LogP contribution in [0, 0.1) is 12.8 Å². The summed E-state index contributed by atoms with van der Waals surface area (Å²) in [5.41, 5.74) is 3.41. The molecule has 2 atom stereocenters. The predicted molar refractivity (Wildman–Crippen MR) is 111 cm³/mol. The number of carbonyl (C=O) groups excluding carboxylic acids is 1. The predicted octanol–water partition coefficient (Wildman–Crippen LogP) is 2.80. The second kappa shape index (κ2) is 6.86. The van der Waals surface area contributed by atoms with Gasteiger partial charge in [0.25, 0.3) is 0 Å². The lowest BCUT2D eigenvalue weighted by Crippen LogP contribution is -2.26. The monoisotopic (exact) mass is 396 g/mol. The lowest BCUT2D eigenvalue weighted by atomic mass is 10.0. The molecule has 0 aromatic carbocycles. The molecule has 0 aliphatic carbocycles. The number of carbonyl (C=O) groups is 1. The number of rotatable bonds is 4. The van der Waals surface area contributed by atoms with Crippen molar-refractivity contribution in [2.75, 3.05) is 6.54 Å². The summed E-state index contributed by atoms with van der Waals surface area (Å²) in [5.74, 6) is 0.756. The van der Waals surface area contributed by atoms with Crippen molar-refractivity contribution in [2.45, 2.75) is 52.7 Å². The maximum atomic E-state index is 11.6. The van der Waals surface area contributed by atoms with E-state index in [4.69, 9.17) is 9.72 Å². The maximum absolute atomic E-state index is 11.6. The first-order valence-corrected chi connectivity index (χ1v) is 9.96. The van der Waals surface area contributed by atoms with E-state index in [9.17, 15) is 4.79 Å². The molecule has 8 nitrogen and oxygen atoms in total. The topological polar surface area (TPSA) is 86.9 Å². The number of pyridine rings is 1. The van der Waals surface area contributed by atoms with Gasteiger partial charge in [0.2, 0.25) is 11.8 Å². The molecular formula is C21H28N6O2. The summed E-state index contributed by atoms with van der Waals surface area (Å²) in [5, 5.41) is 12.9. The molecule has 0 radical (unpaired) electrons. The Morgan fingerprint density at radius 2 is 2.10 bits per heavy atom. The van der Waals surface area contributed by atoms with Gasteiger partial charge in [0.1, 0.15) is 11.6 Å². The molecule has 0 spiro atoms. The van der Waals surface area contributed by atoms with Gasteiger partial charge in [0, 0.05) is 43.4 Å². The molecule has 1 saturated heterocycles. The van der Waals surface area contributed by atoms with Crippen molar-refractivity contribution in [2.24, 2.45) is 13.0 Å². The van der Waals surface area contributed by atoms with Crippen molar-refractivity contribution >= 4 is 16.8 Å².